The van der Waals surface area contributed by atoms with Crippen molar-refractivity contribution in [3.8, 4) is 45.4 Å². The van der Waals surface area contributed by atoms with Crippen LogP contribution in [0.25, 0.3) is 22.4 Å². The van der Waals surface area contributed by atoms with E-state index in [0.29, 0.717) is 22.9 Å². The summed E-state index contributed by atoms with van der Waals surface area (Å²) in [5, 5.41) is 13.8. The molecule has 1 N–H and O–H groups in total. The molecule has 0 fully saturated rings. The first-order chi connectivity index (χ1) is 13.0. The maximum atomic E-state index is 12.1. The summed E-state index contributed by atoms with van der Waals surface area (Å²) in [5.41, 5.74) is 2.82. The van der Waals surface area contributed by atoms with Crippen molar-refractivity contribution in [2.45, 2.75) is 6.92 Å². The molecular weight excluding hydrogens is 348 g/mol. The minimum absolute atomic E-state index is 0.141. The normalized spacial score (nSPS) is 10.5. The Kier molecular flexibility index (Phi) is 5.03. The molecule has 0 spiro atoms. The number of carbonyl (C=O) groups is 1. The Labute approximate surface area is 156 Å². The summed E-state index contributed by atoms with van der Waals surface area (Å²) in [6.45, 7) is 1.44. The maximum absolute atomic E-state index is 12.1. The Morgan fingerprint density at radius 3 is 2.04 bits per heavy atom. The van der Waals surface area contributed by atoms with Gasteiger partial charge in [0.25, 0.3) is 0 Å². The molecule has 3 rings (SSSR count). The van der Waals surface area contributed by atoms with Gasteiger partial charge < -0.3 is 19.3 Å². The second-order valence-corrected chi connectivity index (χ2v) is 5.80. The van der Waals surface area contributed by atoms with Crippen LogP contribution in [0.15, 0.2) is 42.6 Å². The highest BCUT2D eigenvalue weighted by Crippen LogP contribution is 2.43. The van der Waals surface area contributed by atoms with E-state index in [1.54, 1.807) is 56.8 Å². The van der Waals surface area contributed by atoms with Crippen molar-refractivity contribution in [3.05, 3.63) is 42.6 Å². The standard InChI is InChI=1S/C20H20N2O5/c1-12(23)22-19(13-5-7-15(24)8-6-13)16(11-21-22)14-9-17(25-2)20(27-4)18(10-14)26-3/h5-11,24H,1-4H3. The number of hydrogen-bond acceptors (Lipinski definition) is 6. The highest BCUT2D eigenvalue weighted by Gasteiger charge is 2.21. The number of methoxy groups -OCH3 is 3. The second-order valence-electron chi connectivity index (χ2n) is 5.80. The van der Waals surface area contributed by atoms with Crippen molar-refractivity contribution in [1.82, 2.24) is 9.78 Å². The van der Waals surface area contributed by atoms with Crippen LogP contribution >= 0.6 is 0 Å². The highest BCUT2D eigenvalue weighted by molar-refractivity contribution is 5.90. The molecule has 2 aromatic carbocycles. The summed E-state index contributed by atoms with van der Waals surface area (Å²) >= 11 is 0. The van der Waals surface area contributed by atoms with Gasteiger partial charge in [0, 0.05) is 18.1 Å². The zero-order chi connectivity index (χ0) is 19.6. The quantitative estimate of drug-likeness (QED) is 0.741. The molecule has 3 aromatic rings. The van der Waals surface area contributed by atoms with Gasteiger partial charge in [0.05, 0.1) is 33.2 Å². The number of aromatic hydroxyl groups is 1. The molecule has 0 amide bonds. The van der Waals surface area contributed by atoms with Gasteiger partial charge in [-0.05, 0) is 42.0 Å². The SMILES string of the molecule is COc1cc(-c2cnn(C(C)=O)c2-c2ccc(O)cc2)cc(OC)c1OC. The molecule has 7 nitrogen and oxygen atoms in total. The first kappa shape index (κ1) is 18.3. The van der Waals surface area contributed by atoms with Gasteiger partial charge >= 0.3 is 0 Å². The number of aromatic nitrogens is 2. The van der Waals surface area contributed by atoms with Crippen molar-refractivity contribution in [2.24, 2.45) is 0 Å². The van der Waals surface area contributed by atoms with E-state index in [2.05, 4.69) is 5.10 Å². The lowest BCUT2D eigenvalue weighted by Gasteiger charge is -2.15. The monoisotopic (exact) mass is 368 g/mol. The summed E-state index contributed by atoms with van der Waals surface area (Å²) in [5.74, 6) is 1.39. The smallest absolute Gasteiger partial charge is 0.244 e. The van der Waals surface area contributed by atoms with Gasteiger partial charge in [0.15, 0.2) is 11.5 Å². The molecule has 0 saturated carbocycles. The van der Waals surface area contributed by atoms with E-state index in [-0.39, 0.29) is 11.7 Å². The summed E-state index contributed by atoms with van der Waals surface area (Å²) in [6, 6.07) is 10.2. The highest BCUT2D eigenvalue weighted by atomic mass is 16.5. The molecule has 1 aromatic heterocycles. The predicted octanol–water partition coefficient (Wildman–Crippen LogP) is 3.61. The molecule has 0 aliphatic heterocycles. The Morgan fingerprint density at radius 2 is 1.56 bits per heavy atom. The fraction of sp³-hybridized carbons (Fsp3) is 0.200. The van der Waals surface area contributed by atoms with Gasteiger partial charge in [0.1, 0.15) is 5.75 Å². The summed E-state index contributed by atoms with van der Waals surface area (Å²) in [4.78, 5) is 12.1. The topological polar surface area (TPSA) is 82.8 Å². The van der Waals surface area contributed by atoms with Gasteiger partial charge in [0.2, 0.25) is 11.7 Å². The minimum Gasteiger partial charge on any atom is -0.508 e. The van der Waals surface area contributed by atoms with Gasteiger partial charge in [-0.3, -0.25) is 4.79 Å². The third kappa shape index (κ3) is 3.31. The van der Waals surface area contributed by atoms with Crippen molar-refractivity contribution in [1.29, 1.82) is 0 Å². The van der Waals surface area contributed by atoms with E-state index < -0.39 is 0 Å². The van der Waals surface area contributed by atoms with E-state index in [1.807, 2.05) is 0 Å². The molecule has 0 aliphatic rings. The third-order valence-electron chi connectivity index (χ3n) is 4.18. The molecule has 0 aliphatic carbocycles. The zero-order valence-electron chi connectivity index (χ0n) is 15.5. The molecule has 7 heteroatoms. The molecule has 0 saturated heterocycles. The molecule has 0 atom stereocenters. The zero-order valence-corrected chi connectivity index (χ0v) is 15.5. The van der Waals surface area contributed by atoms with Crippen LogP contribution in [-0.2, 0) is 0 Å². The molecule has 0 radical (unpaired) electrons. The third-order valence-corrected chi connectivity index (χ3v) is 4.18. The van der Waals surface area contributed by atoms with Gasteiger partial charge in [-0.1, -0.05) is 0 Å². The first-order valence-corrected chi connectivity index (χ1v) is 8.19. The van der Waals surface area contributed by atoms with E-state index in [9.17, 15) is 9.90 Å². The van der Waals surface area contributed by atoms with Crippen LogP contribution < -0.4 is 14.2 Å². The van der Waals surface area contributed by atoms with Crippen LogP contribution in [0.2, 0.25) is 0 Å². The average Bonchev–Trinajstić information content (AvgIpc) is 3.12. The number of phenolic OH excluding ortho intramolecular Hbond substituents is 1. The Hall–Kier alpha value is -3.48. The van der Waals surface area contributed by atoms with E-state index >= 15 is 0 Å². The summed E-state index contributed by atoms with van der Waals surface area (Å²) in [6.07, 6.45) is 1.62. The average molecular weight is 368 g/mol. The van der Waals surface area contributed by atoms with Crippen molar-refractivity contribution < 1.29 is 24.1 Å². The van der Waals surface area contributed by atoms with Crippen LogP contribution in [0.4, 0.5) is 0 Å². The summed E-state index contributed by atoms with van der Waals surface area (Å²) < 4.78 is 17.5. The molecular formula is C20H20N2O5. The number of carbonyl (C=O) groups excluding carboxylic acids is 1. The van der Waals surface area contributed by atoms with E-state index in [4.69, 9.17) is 14.2 Å². The fourth-order valence-corrected chi connectivity index (χ4v) is 2.93. The Bertz CT molecular complexity index is 952. The Balaban J connectivity index is 2.26. The van der Waals surface area contributed by atoms with Crippen LogP contribution in [0.1, 0.15) is 11.7 Å². The first-order valence-electron chi connectivity index (χ1n) is 8.19. The summed E-state index contributed by atoms with van der Waals surface area (Å²) in [7, 11) is 4.62. The van der Waals surface area contributed by atoms with Crippen molar-refractivity contribution in [2.75, 3.05) is 21.3 Å². The minimum atomic E-state index is -0.225. The number of hydrogen-bond donors (Lipinski definition) is 1. The number of nitrogens with zero attached hydrogens (tertiary/aromatic N) is 2. The van der Waals surface area contributed by atoms with E-state index in [0.717, 1.165) is 16.7 Å². The van der Waals surface area contributed by atoms with Crippen LogP contribution in [0.5, 0.6) is 23.0 Å². The van der Waals surface area contributed by atoms with E-state index in [1.165, 1.54) is 18.7 Å². The largest absolute Gasteiger partial charge is 0.508 e. The Morgan fingerprint density at radius 1 is 0.963 bits per heavy atom. The lowest BCUT2D eigenvalue weighted by atomic mass is 10.0. The number of ether oxygens (including phenoxy) is 3. The fourth-order valence-electron chi connectivity index (χ4n) is 2.93. The van der Waals surface area contributed by atoms with Crippen LogP contribution in [-0.4, -0.2) is 42.1 Å². The number of benzene rings is 2. The maximum Gasteiger partial charge on any atom is 0.244 e. The lowest BCUT2D eigenvalue weighted by molar-refractivity contribution is 0.0923. The van der Waals surface area contributed by atoms with Crippen molar-refractivity contribution >= 4 is 5.91 Å². The second kappa shape index (κ2) is 7.41. The van der Waals surface area contributed by atoms with Crippen LogP contribution in [0.3, 0.4) is 0 Å². The molecule has 27 heavy (non-hydrogen) atoms. The molecule has 140 valence electrons. The van der Waals surface area contributed by atoms with Gasteiger partial charge in [-0.15, -0.1) is 0 Å². The predicted molar refractivity (Wildman–Crippen MR) is 101 cm³/mol. The van der Waals surface area contributed by atoms with Crippen molar-refractivity contribution in [3.63, 3.8) is 0 Å². The van der Waals surface area contributed by atoms with Gasteiger partial charge in [-0.2, -0.15) is 9.78 Å². The molecule has 0 unspecified atom stereocenters. The lowest BCUT2D eigenvalue weighted by Crippen LogP contribution is -2.09. The molecule has 0 bridgehead atoms. The van der Waals surface area contributed by atoms with Gasteiger partial charge in [-0.25, -0.2) is 0 Å². The van der Waals surface area contributed by atoms with Crippen LogP contribution in [0, 0.1) is 0 Å². The molecule has 1 heterocycles. The number of rotatable bonds is 5. The number of phenols is 1.